The van der Waals surface area contributed by atoms with E-state index in [0.717, 1.165) is 5.39 Å². The van der Waals surface area contributed by atoms with Gasteiger partial charge in [-0.1, -0.05) is 53.0 Å². The predicted octanol–water partition coefficient (Wildman–Crippen LogP) is 4.53. The maximum atomic E-state index is 10.7. The Labute approximate surface area is 199 Å². The summed E-state index contributed by atoms with van der Waals surface area (Å²) in [5, 5.41) is 11.8. The summed E-state index contributed by atoms with van der Waals surface area (Å²) in [4.78, 5) is 12.1. The van der Waals surface area contributed by atoms with Crippen molar-refractivity contribution in [2.45, 2.75) is 14.2 Å². The highest BCUT2D eigenvalue weighted by Gasteiger charge is 2.36. The number of phenolic OH excluding ortho intramolecular Hbond substituents is 1. The van der Waals surface area contributed by atoms with E-state index in [1.54, 1.807) is 6.07 Å². The van der Waals surface area contributed by atoms with Gasteiger partial charge in [0.25, 0.3) is 0 Å². The van der Waals surface area contributed by atoms with Crippen molar-refractivity contribution in [1.29, 1.82) is 0 Å². The first kappa shape index (κ1) is 28.5. The first-order valence-corrected chi connectivity index (χ1v) is 12.6. The van der Waals surface area contributed by atoms with Crippen LogP contribution in [-0.2, 0) is 24.8 Å². The maximum absolute atomic E-state index is 10.7. The molecule has 0 fully saturated rings. The van der Waals surface area contributed by atoms with Crippen molar-refractivity contribution in [2.24, 2.45) is 0 Å². The van der Waals surface area contributed by atoms with Crippen LogP contribution < -0.4 is 0 Å². The Morgan fingerprint density at radius 2 is 1.44 bits per heavy atom. The van der Waals surface area contributed by atoms with Crippen molar-refractivity contribution >= 4 is 66.6 Å². The van der Waals surface area contributed by atoms with Gasteiger partial charge in [0.2, 0.25) is 3.79 Å². The van der Waals surface area contributed by atoms with Crippen LogP contribution >= 0.6 is 34.8 Å². The van der Waals surface area contributed by atoms with Crippen LogP contribution in [0.1, 0.15) is 5.82 Å². The molecule has 0 bridgehead atoms. The molecule has 0 saturated heterocycles. The molecule has 1 heterocycles. The third-order valence-corrected chi connectivity index (χ3v) is 5.64. The van der Waals surface area contributed by atoms with Crippen molar-refractivity contribution in [3.8, 4) is 5.75 Å². The van der Waals surface area contributed by atoms with Crippen molar-refractivity contribution in [2.75, 3.05) is 12.5 Å². The number of aromatic hydroxyl groups is 1. The predicted molar refractivity (Wildman–Crippen MR) is 118 cm³/mol. The molecule has 15 heteroatoms. The third-order valence-electron chi connectivity index (χ3n) is 3.33. The van der Waals surface area contributed by atoms with Crippen LogP contribution in [0, 0.1) is 0 Å². The lowest BCUT2D eigenvalue weighted by Crippen LogP contribution is -2.21. The zero-order valence-corrected chi connectivity index (χ0v) is 20.1. The average molecular weight is 553 g/mol. The summed E-state index contributed by atoms with van der Waals surface area (Å²) in [6, 6.07) is 11.8. The van der Waals surface area contributed by atoms with E-state index in [1.165, 1.54) is 22.9 Å². The fourth-order valence-electron chi connectivity index (χ4n) is 2.00. The van der Waals surface area contributed by atoms with Crippen LogP contribution in [-0.4, -0.2) is 51.0 Å². The van der Waals surface area contributed by atoms with Crippen LogP contribution in [0.4, 0.5) is 13.2 Å². The van der Waals surface area contributed by atoms with E-state index >= 15 is 0 Å². The molecule has 0 aliphatic rings. The number of nitrogens with zero attached hydrogens (tertiary/aromatic N) is 3. The number of fused-ring (bicyclic) bond motifs is 1. The van der Waals surface area contributed by atoms with Crippen molar-refractivity contribution in [3.63, 3.8) is 0 Å². The van der Waals surface area contributed by atoms with Crippen LogP contribution in [0.25, 0.3) is 10.8 Å². The van der Waals surface area contributed by atoms with Gasteiger partial charge in [0.05, 0.1) is 0 Å². The standard InChI is InChI=1S/C12H12OS.C4H2Cl3N3.CHF3O3S/c1-14(2)12-8-7-11(13)9-5-3-4-6-10(9)12;5-4(6,7)3-9-1-8-2-10-3;2-1(3,4)8(5,6)7/h3-8H,1-2H3;1-2H;(H,5,6,7). The molecule has 0 aliphatic heterocycles. The summed E-state index contributed by atoms with van der Waals surface area (Å²) < 4.78 is 57.4. The second kappa shape index (κ2) is 11.5. The molecule has 2 aromatic carbocycles. The Bertz CT molecular complexity index is 1130. The Hall–Kier alpha value is -1.57. The molecule has 0 spiro atoms. The first-order valence-electron chi connectivity index (χ1n) is 8.05. The highest BCUT2D eigenvalue weighted by molar-refractivity contribution is 7.95. The molecule has 0 atom stereocenters. The molecular weight excluding hydrogens is 538 g/mol. The molecule has 7 nitrogen and oxygen atoms in total. The second-order valence-electron chi connectivity index (χ2n) is 5.80. The lowest BCUT2D eigenvalue weighted by molar-refractivity contribution is -0.0517. The van der Waals surface area contributed by atoms with Gasteiger partial charge < -0.3 is 9.66 Å². The molecule has 0 radical (unpaired) electrons. The molecule has 1 N–H and O–H groups in total. The van der Waals surface area contributed by atoms with Crippen molar-refractivity contribution < 1.29 is 31.2 Å². The van der Waals surface area contributed by atoms with Gasteiger partial charge in [-0.2, -0.15) is 13.2 Å². The van der Waals surface area contributed by atoms with Crippen molar-refractivity contribution in [3.05, 3.63) is 54.9 Å². The number of hydrogen-bond donors (Lipinski definition) is 1. The van der Waals surface area contributed by atoms with Crippen LogP contribution in [0.15, 0.2) is 53.9 Å². The molecule has 32 heavy (non-hydrogen) atoms. The lowest BCUT2D eigenvalue weighted by atomic mass is 10.1. The topological polar surface area (TPSA) is 116 Å². The fourth-order valence-corrected chi connectivity index (χ4v) is 3.25. The van der Waals surface area contributed by atoms with E-state index in [-0.39, 0.29) is 16.7 Å². The minimum Gasteiger partial charge on any atom is -0.741 e. The number of hydrogen-bond acceptors (Lipinski definition) is 7. The Morgan fingerprint density at radius 3 is 1.81 bits per heavy atom. The van der Waals surface area contributed by atoms with Crippen LogP contribution in [0.2, 0.25) is 0 Å². The van der Waals surface area contributed by atoms with Gasteiger partial charge in [0, 0.05) is 21.7 Å². The summed E-state index contributed by atoms with van der Waals surface area (Å²) in [5.41, 5.74) is -5.65. The normalized spacial score (nSPS) is 11.9. The third kappa shape index (κ3) is 8.75. The van der Waals surface area contributed by atoms with Crippen LogP contribution in [0.3, 0.4) is 0 Å². The second-order valence-corrected chi connectivity index (χ2v) is 11.5. The highest BCUT2D eigenvalue weighted by atomic mass is 35.6. The zero-order valence-electron chi connectivity index (χ0n) is 16.2. The minimum atomic E-state index is -6.09. The SMILES string of the molecule is C[S+](C)c1ccc(O)c2ccccc12.ClC(Cl)(Cl)c1ncncn1.O=S(=O)([O-])C(F)(F)F. The number of phenols is 1. The number of halogens is 6. The molecule has 0 unspecified atom stereocenters. The molecule has 0 aliphatic carbocycles. The summed E-state index contributed by atoms with van der Waals surface area (Å²) in [7, 11) is -5.86. The summed E-state index contributed by atoms with van der Waals surface area (Å²) in [6.45, 7) is 0. The lowest BCUT2D eigenvalue weighted by Gasteiger charge is -2.08. The molecule has 3 aromatic rings. The van der Waals surface area contributed by atoms with Gasteiger partial charge in [-0.15, -0.1) is 0 Å². The molecule has 0 amide bonds. The first-order chi connectivity index (χ1) is 14.6. The number of alkyl halides is 6. The molecule has 176 valence electrons. The van der Waals surface area contributed by atoms with Gasteiger partial charge in [-0.3, -0.25) is 0 Å². The molecule has 1 aromatic heterocycles. The van der Waals surface area contributed by atoms with Gasteiger partial charge in [-0.25, -0.2) is 23.4 Å². The fraction of sp³-hybridized carbons (Fsp3) is 0.235. The smallest absolute Gasteiger partial charge is 0.485 e. The van der Waals surface area contributed by atoms with Gasteiger partial charge in [0.1, 0.15) is 30.9 Å². The average Bonchev–Trinajstić information content (AvgIpc) is 2.68. The van der Waals surface area contributed by atoms with Gasteiger partial charge in [-0.05, 0) is 18.2 Å². The highest BCUT2D eigenvalue weighted by Crippen LogP contribution is 2.35. The number of rotatable bonds is 1. The van der Waals surface area contributed by atoms with E-state index in [0.29, 0.717) is 5.75 Å². The Kier molecular flexibility index (Phi) is 10.3. The van der Waals surface area contributed by atoms with Gasteiger partial charge in [0.15, 0.2) is 20.8 Å². The Morgan fingerprint density at radius 1 is 0.969 bits per heavy atom. The van der Waals surface area contributed by atoms with E-state index in [4.69, 9.17) is 47.8 Å². The maximum Gasteiger partial charge on any atom is 0.485 e. The van der Waals surface area contributed by atoms with Crippen LogP contribution in [0.5, 0.6) is 5.75 Å². The zero-order chi connectivity index (χ0) is 24.7. The summed E-state index contributed by atoms with van der Waals surface area (Å²) >= 11 is 16.3. The quantitative estimate of drug-likeness (QED) is 0.204. The van der Waals surface area contributed by atoms with E-state index in [2.05, 4.69) is 33.5 Å². The van der Waals surface area contributed by atoms with Crippen molar-refractivity contribution in [1.82, 2.24) is 15.0 Å². The molecular formula is C17H15Cl3F3N3O4S2. The number of aromatic nitrogens is 3. The summed E-state index contributed by atoms with van der Waals surface area (Å²) in [5.74, 6) is 0.502. The number of benzene rings is 2. The van der Waals surface area contributed by atoms with Gasteiger partial charge >= 0.3 is 5.51 Å². The summed E-state index contributed by atoms with van der Waals surface area (Å²) in [6.07, 6.45) is 6.92. The molecule has 0 saturated carbocycles. The molecule has 3 rings (SSSR count). The van der Waals surface area contributed by atoms with E-state index in [1.807, 2.05) is 24.3 Å². The Balaban J connectivity index is 0.000000253. The minimum absolute atomic E-state index is 0.132. The van der Waals surface area contributed by atoms with E-state index in [9.17, 15) is 18.3 Å². The monoisotopic (exact) mass is 551 g/mol. The largest absolute Gasteiger partial charge is 0.741 e. The van der Waals surface area contributed by atoms with E-state index < -0.39 is 19.4 Å².